The molecule has 1 amide bonds. The third-order valence-corrected chi connectivity index (χ3v) is 4.44. The Labute approximate surface area is 133 Å². The second kappa shape index (κ2) is 6.54. The first-order valence-corrected chi connectivity index (χ1v) is 7.99. The van der Waals surface area contributed by atoms with E-state index in [0.29, 0.717) is 6.42 Å². The van der Waals surface area contributed by atoms with E-state index < -0.39 is 0 Å². The van der Waals surface area contributed by atoms with E-state index >= 15 is 0 Å². The number of anilines is 1. The predicted octanol–water partition coefficient (Wildman–Crippen LogP) is 4.83. The minimum atomic E-state index is 0.0298. The number of hydrogen-bond donors (Lipinski definition) is 1. The number of hydrogen-bond acceptors (Lipinski definition) is 3. The van der Waals surface area contributed by atoms with Crippen LogP contribution in [0.3, 0.4) is 0 Å². The predicted molar refractivity (Wildman–Crippen MR) is 91.9 cm³/mol. The number of aromatic nitrogens is 1. The number of rotatable bonds is 4. The molecule has 1 N–H and O–H groups in total. The molecular weight excluding hydrogens is 292 g/mol. The van der Waals surface area contributed by atoms with Gasteiger partial charge in [0.2, 0.25) is 5.91 Å². The maximum Gasteiger partial charge on any atom is 0.224 e. The third-order valence-electron chi connectivity index (χ3n) is 3.34. The van der Waals surface area contributed by atoms with Crippen LogP contribution in [-0.2, 0) is 4.79 Å². The van der Waals surface area contributed by atoms with Crippen molar-refractivity contribution in [2.75, 3.05) is 5.32 Å². The van der Waals surface area contributed by atoms with Gasteiger partial charge in [0.15, 0.2) is 0 Å². The molecule has 0 unspecified atom stereocenters. The quantitative estimate of drug-likeness (QED) is 0.750. The van der Waals surface area contributed by atoms with Gasteiger partial charge in [0.1, 0.15) is 0 Å². The van der Waals surface area contributed by atoms with Crippen LogP contribution in [0.25, 0.3) is 21.6 Å². The molecule has 2 aromatic heterocycles. The lowest BCUT2D eigenvalue weighted by molar-refractivity contribution is -0.115. The van der Waals surface area contributed by atoms with Crippen molar-refractivity contribution in [3.05, 3.63) is 60.9 Å². The van der Waals surface area contributed by atoms with Crippen LogP contribution < -0.4 is 5.32 Å². The molecule has 3 nitrogen and oxygen atoms in total. The molecule has 22 heavy (non-hydrogen) atoms. The molecule has 0 aliphatic carbocycles. The molecule has 4 heteroatoms. The minimum absolute atomic E-state index is 0.0298. The van der Waals surface area contributed by atoms with Gasteiger partial charge in [-0.2, -0.15) is 0 Å². The molecule has 0 radical (unpaired) electrons. The zero-order chi connectivity index (χ0) is 15.4. The number of benzene rings is 1. The van der Waals surface area contributed by atoms with Gasteiger partial charge in [-0.1, -0.05) is 37.3 Å². The Morgan fingerprint density at radius 2 is 1.82 bits per heavy atom. The molecule has 1 aromatic carbocycles. The van der Waals surface area contributed by atoms with E-state index in [4.69, 9.17) is 0 Å². The fourth-order valence-corrected chi connectivity index (χ4v) is 3.33. The highest BCUT2D eigenvalue weighted by Gasteiger charge is 2.13. The maximum atomic E-state index is 11.7. The molecule has 0 aliphatic rings. The largest absolute Gasteiger partial charge is 0.318 e. The summed E-state index contributed by atoms with van der Waals surface area (Å²) in [6.45, 7) is 1.85. The number of carbonyl (C=O) groups excluding carboxylic acids is 1. The Balaban J connectivity index is 2.08. The first-order chi connectivity index (χ1) is 10.8. The van der Waals surface area contributed by atoms with Gasteiger partial charge in [0.25, 0.3) is 0 Å². The van der Waals surface area contributed by atoms with Gasteiger partial charge < -0.3 is 5.32 Å². The summed E-state index contributed by atoms with van der Waals surface area (Å²) in [6, 6.07) is 16.2. The molecule has 3 aromatic rings. The van der Waals surface area contributed by atoms with Crippen LogP contribution in [0.2, 0.25) is 0 Å². The van der Waals surface area contributed by atoms with Crippen molar-refractivity contribution in [1.82, 2.24) is 4.98 Å². The molecule has 0 spiro atoms. The number of amides is 1. The van der Waals surface area contributed by atoms with Crippen molar-refractivity contribution >= 4 is 22.2 Å². The summed E-state index contributed by atoms with van der Waals surface area (Å²) in [5, 5.41) is 3.83. The zero-order valence-corrected chi connectivity index (χ0v) is 13.1. The van der Waals surface area contributed by atoms with Crippen LogP contribution in [0.4, 0.5) is 5.00 Å². The van der Waals surface area contributed by atoms with Crippen molar-refractivity contribution in [2.24, 2.45) is 0 Å². The van der Waals surface area contributed by atoms with Gasteiger partial charge in [-0.15, -0.1) is 11.3 Å². The van der Waals surface area contributed by atoms with Crippen molar-refractivity contribution in [2.45, 2.75) is 13.3 Å². The molecular formula is C18H16N2OS. The topological polar surface area (TPSA) is 42.0 Å². The number of thiophene rings is 1. The van der Waals surface area contributed by atoms with E-state index in [1.807, 2.05) is 43.3 Å². The first kappa shape index (κ1) is 14.5. The molecule has 0 aliphatic heterocycles. The van der Waals surface area contributed by atoms with Crippen LogP contribution in [0, 0.1) is 0 Å². The number of nitrogens with zero attached hydrogens (tertiary/aromatic N) is 1. The summed E-state index contributed by atoms with van der Waals surface area (Å²) in [4.78, 5) is 16.9. The maximum absolute atomic E-state index is 11.7. The van der Waals surface area contributed by atoms with Crippen LogP contribution in [0.1, 0.15) is 13.3 Å². The molecule has 3 rings (SSSR count). The van der Waals surface area contributed by atoms with Crippen LogP contribution >= 0.6 is 11.3 Å². The second-order valence-electron chi connectivity index (χ2n) is 4.86. The van der Waals surface area contributed by atoms with Gasteiger partial charge in [-0.3, -0.25) is 9.78 Å². The van der Waals surface area contributed by atoms with E-state index in [1.54, 1.807) is 23.7 Å². The van der Waals surface area contributed by atoms with Crippen molar-refractivity contribution in [3.63, 3.8) is 0 Å². The molecule has 0 atom stereocenters. The number of nitrogens with one attached hydrogen (secondary N) is 1. The molecule has 0 saturated heterocycles. The van der Waals surface area contributed by atoms with Crippen LogP contribution in [0.5, 0.6) is 0 Å². The van der Waals surface area contributed by atoms with Gasteiger partial charge in [0.05, 0.1) is 5.00 Å². The van der Waals surface area contributed by atoms with Crippen molar-refractivity contribution in [1.29, 1.82) is 0 Å². The van der Waals surface area contributed by atoms with Crippen LogP contribution in [-0.4, -0.2) is 10.9 Å². The smallest absolute Gasteiger partial charge is 0.224 e. The molecule has 0 bridgehead atoms. The summed E-state index contributed by atoms with van der Waals surface area (Å²) in [5.74, 6) is 0.0298. The lowest BCUT2D eigenvalue weighted by Gasteiger charge is -2.03. The average Bonchev–Trinajstić information content (AvgIpc) is 3.00. The van der Waals surface area contributed by atoms with Crippen molar-refractivity contribution < 1.29 is 4.79 Å². The standard InChI is InChI=1S/C18H16N2OS/c1-2-16(21)20-17-12-15(13-6-4-3-5-7-13)18(22-17)14-8-10-19-11-9-14/h3-12H,2H2,1H3,(H,20,21). The Morgan fingerprint density at radius 1 is 1.09 bits per heavy atom. The highest BCUT2D eigenvalue weighted by molar-refractivity contribution is 7.20. The summed E-state index contributed by atoms with van der Waals surface area (Å²) in [6.07, 6.45) is 4.05. The highest BCUT2D eigenvalue weighted by Crippen LogP contribution is 2.41. The molecule has 110 valence electrons. The minimum Gasteiger partial charge on any atom is -0.318 e. The van der Waals surface area contributed by atoms with Gasteiger partial charge >= 0.3 is 0 Å². The van der Waals surface area contributed by atoms with E-state index in [2.05, 4.69) is 22.4 Å². The van der Waals surface area contributed by atoms with Gasteiger partial charge in [-0.25, -0.2) is 0 Å². The van der Waals surface area contributed by atoms with Gasteiger partial charge in [-0.05, 0) is 29.3 Å². The summed E-state index contributed by atoms with van der Waals surface area (Å²) >= 11 is 1.59. The monoisotopic (exact) mass is 308 g/mol. The Morgan fingerprint density at radius 3 is 2.50 bits per heavy atom. The van der Waals surface area contributed by atoms with E-state index in [-0.39, 0.29) is 5.91 Å². The fourth-order valence-electron chi connectivity index (χ4n) is 2.23. The van der Waals surface area contributed by atoms with Gasteiger partial charge in [0, 0.05) is 29.3 Å². The zero-order valence-electron chi connectivity index (χ0n) is 12.2. The molecule has 0 saturated carbocycles. The first-order valence-electron chi connectivity index (χ1n) is 7.17. The molecule has 2 heterocycles. The Hall–Kier alpha value is -2.46. The van der Waals surface area contributed by atoms with Crippen molar-refractivity contribution in [3.8, 4) is 21.6 Å². The van der Waals surface area contributed by atoms with E-state index in [9.17, 15) is 4.79 Å². The average molecular weight is 308 g/mol. The Bertz CT molecular complexity index is 709. The van der Waals surface area contributed by atoms with E-state index in [0.717, 1.165) is 26.6 Å². The fraction of sp³-hybridized carbons (Fsp3) is 0.111. The summed E-state index contributed by atoms with van der Waals surface area (Å²) in [5.41, 5.74) is 3.38. The third kappa shape index (κ3) is 3.07. The highest BCUT2D eigenvalue weighted by atomic mass is 32.1. The number of carbonyl (C=O) groups is 1. The Kier molecular flexibility index (Phi) is 4.30. The SMILES string of the molecule is CCC(=O)Nc1cc(-c2ccccc2)c(-c2ccncc2)s1. The molecule has 0 fully saturated rings. The lowest BCUT2D eigenvalue weighted by atomic mass is 10.0. The number of pyridine rings is 1. The normalized spacial score (nSPS) is 10.4. The lowest BCUT2D eigenvalue weighted by Crippen LogP contribution is -2.07. The summed E-state index contributed by atoms with van der Waals surface area (Å²) < 4.78 is 0. The van der Waals surface area contributed by atoms with Crippen LogP contribution in [0.15, 0.2) is 60.9 Å². The summed E-state index contributed by atoms with van der Waals surface area (Å²) in [7, 11) is 0. The second-order valence-corrected chi connectivity index (χ2v) is 5.91. The van der Waals surface area contributed by atoms with E-state index in [1.165, 1.54) is 0 Å².